The van der Waals surface area contributed by atoms with Gasteiger partial charge in [-0.2, -0.15) is 0 Å². The summed E-state index contributed by atoms with van der Waals surface area (Å²) in [7, 11) is 0. The molecule has 90 valence electrons. The van der Waals surface area contributed by atoms with E-state index in [4.69, 9.17) is 0 Å². The van der Waals surface area contributed by atoms with Gasteiger partial charge in [0.15, 0.2) is 0 Å². The molecule has 0 aliphatic heterocycles. The predicted molar refractivity (Wildman–Crippen MR) is 64.2 cm³/mol. The van der Waals surface area contributed by atoms with Crippen molar-refractivity contribution in [2.75, 3.05) is 6.54 Å². The van der Waals surface area contributed by atoms with Crippen molar-refractivity contribution in [1.82, 2.24) is 10.3 Å². The topological polar surface area (TPSA) is 24.9 Å². The van der Waals surface area contributed by atoms with Crippen molar-refractivity contribution in [3.05, 3.63) is 42.2 Å². The maximum atomic E-state index is 13.0. The van der Waals surface area contributed by atoms with E-state index in [1.54, 1.807) is 6.20 Å². The zero-order chi connectivity index (χ0) is 12.3. The number of fused-ring (bicyclic) bond motifs is 1. The molecule has 0 aliphatic carbocycles. The summed E-state index contributed by atoms with van der Waals surface area (Å²) in [6.45, 7) is 2.31. The van der Waals surface area contributed by atoms with Gasteiger partial charge in [-0.3, -0.25) is 4.98 Å². The van der Waals surface area contributed by atoms with E-state index < -0.39 is 12.5 Å². The molecule has 0 amide bonds. The first-order valence-corrected chi connectivity index (χ1v) is 5.58. The zero-order valence-corrected chi connectivity index (χ0v) is 9.53. The standard InChI is InChI=1S/C13H14F2N2/c1-2-17-12(13(14)15)11-8-16-7-9-5-3-4-6-10(9)11/h3-8,12-13,17H,2H2,1H3. The van der Waals surface area contributed by atoms with Crippen molar-refractivity contribution in [1.29, 1.82) is 0 Å². The number of halogens is 2. The molecule has 4 heteroatoms. The van der Waals surface area contributed by atoms with Gasteiger partial charge in [-0.25, -0.2) is 8.78 Å². The van der Waals surface area contributed by atoms with Gasteiger partial charge in [0.05, 0.1) is 6.04 Å². The lowest BCUT2D eigenvalue weighted by Gasteiger charge is -2.18. The van der Waals surface area contributed by atoms with Crippen molar-refractivity contribution >= 4 is 10.8 Å². The molecule has 0 fully saturated rings. The molecule has 0 spiro atoms. The summed E-state index contributed by atoms with van der Waals surface area (Å²) in [6, 6.07) is 6.48. The highest BCUT2D eigenvalue weighted by molar-refractivity contribution is 5.85. The molecule has 1 aromatic heterocycles. The van der Waals surface area contributed by atoms with Crippen LogP contribution in [0.4, 0.5) is 8.78 Å². The molecule has 2 nitrogen and oxygen atoms in total. The molecule has 0 aliphatic rings. The van der Waals surface area contributed by atoms with Gasteiger partial charge < -0.3 is 5.32 Å². The number of benzene rings is 1. The van der Waals surface area contributed by atoms with Crippen LogP contribution >= 0.6 is 0 Å². The Morgan fingerprint density at radius 2 is 2.00 bits per heavy atom. The van der Waals surface area contributed by atoms with Crippen molar-refractivity contribution in [3.8, 4) is 0 Å². The highest BCUT2D eigenvalue weighted by Gasteiger charge is 2.23. The molecular weight excluding hydrogens is 222 g/mol. The number of rotatable bonds is 4. The molecule has 2 aromatic rings. The smallest absolute Gasteiger partial charge is 0.257 e. The van der Waals surface area contributed by atoms with E-state index >= 15 is 0 Å². The number of pyridine rings is 1. The van der Waals surface area contributed by atoms with Crippen molar-refractivity contribution in [3.63, 3.8) is 0 Å². The average Bonchev–Trinajstić information content (AvgIpc) is 2.35. The fourth-order valence-electron chi connectivity index (χ4n) is 1.94. The number of hydrogen-bond acceptors (Lipinski definition) is 2. The Morgan fingerprint density at radius 1 is 1.24 bits per heavy atom. The maximum absolute atomic E-state index is 13.0. The summed E-state index contributed by atoms with van der Waals surface area (Å²) in [5.74, 6) is 0. The molecule has 0 saturated carbocycles. The lowest BCUT2D eigenvalue weighted by Crippen LogP contribution is -2.27. The minimum Gasteiger partial charge on any atom is -0.305 e. The van der Waals surface area contributed by atoms with Crippen LogP contribution in [0.5, 0.6) is 0 Å². The van der Waals surface area contributed by atoms with Crippen molar-refractivity contribution in [2.24, 2.45) is 0 Å². The lowest BCUT2D eigenvalue weighted by atomic mass is 10.0. The number of aromatic nitrogens is 1. The number of alkyl halides is 2. The van der Waals surface area contributed by atoms with Gasteiger partial charge in [0.25, 0.3) is 6.43 Å². The molecule has 0 radical (unpaired) electrons. The lowest BCUT2D eigenvalue weighted by molar-refractivity contribution is 0.0997. The first-order chi connectivity index (χ1) is 8.24. The van der Waals surface area contributed by atoms with Crippen LogP contribution in [0.25, 0.3) is 10.8 Å². The van der Waals surface area contributed by atoms with E-state index in [-0.39, 0.29) is 0 Å². The molecule has 1 N–H and O–H groups in total. The third kappa shape index (κ3) is 2.42. The summed E-state index contributed by atoms with van der Waals surface area (Å²) in [4.78, 5) is 4.03. The molecule has 0 saturated heterocycles. The Balaban J connectivity index is 2.52. The summed E-state index contributed by atoms with van der Waals surface area (Å²) in [5.41, 5.74) is 0.556. The highest BCUT2D eigenvalue weighted by Crippen LogP contribution is 2.27. The van der Waals surface area contributed by atoms with Crippen LogP contribution < -0.4 is 5.32 Å². The summed E-state index contributed by atoms with van der Waals surface area (Å²) in [6.07, 6.45) is 0.761. The van der Waals surface area contributed by atoms with Gasteiger partial charge in [0.2, 0.25) is 0 Å². The first-order valence-electron chi connectivity index (χ1n) is 5.58. The molecule has 17 heavy (non-hydrogen) atoms. The van der Waals surface area contributed by atoms with E-state index in [0.29, 0.717) is 12.1 Å². The Hall–Kier alpha value is -1.55. The van der Waals surface area contributed by atoms with Crippen LogP contribution in [-0.2, 0) is 0 Å². The van der Waals surface area contributed by atoms with Crippen LogP contribution in [0.15, 0.2) is 36.7 Å². The maximum Gasteiger partial charge on any atom is 0.257 e. The van der Waals surface area contributed by atoms with Crippen molar-refractivity contribution in [2.45, 2.75) is 19.4 Å². The Labute approximate surface area is 98.7 Å². The van der Waals surface area contributed by atoms with Gasteiger partial charge in [0.1, 0.15) is 0 Å². The van der Waals surface area contributed by atoms with Crippen LogP contribution in [0, 0.1) is 0 Å². The Kier molecular flexibility index (Phi) is 3.64. The second-order valence-corrected chi connectivity index (χ2v) is 3.82. The Bertz CT molecular complexity index is 494. The van der Waals surface area contributed by atoms with Crippen LogP contribution in [0.1, 0.15) is 18.5 Å². The van der Waals surface area contributed by atoms with E-state index in [1.807, 2.05) is 31.2 Å². The molecule has 2 rings (SSSR count). The van der Waals surface area contributed by atoms with Gasteiger partial charge in [-0.1, -0.05) is 31.2 Å². The minimum absolute atomic E-state index is 0.498. The molecular formula is C13H14F2N2. The van der Waals surface area contributed by atoms with Crippen molar-refractivity contribution < 1.29 is 8.78 Å². The average molecular weight is 236 g/mol. The van der Waals surface area contributed by atoms with E-state index in [0.717, 1.165) is 10.8 Å². The number of nitrogens with one attached hydrogen (secondary N) is 1. The quantitative estimate of drug-likeness (QED) is 0.882. The summed E-state index contributed by atoms with van der Waals surface area (Å²) in [5, 5.41) is 4.51. The molecule has 0 bridgehead atoms. The molecule has 1 heterocycles. The van der Waals surface area contributed by atoms with Gasteiger partial charge in [-0.05, 0) is 11.9 Å². The highest BCUT2D eigenvalue weighted by atomic mass is 19.3. The Morgan fingerprint density at radius 3 is 2.71 bits per heavy atom. The number of nitrogens with zero attached hydrogens (tertiary/aromatic N) is 1. The predicted octanol–water partition coefficient (Wildman–Crippen LogP) is 3.15. The van der Waals surface area contributed by atoms with Gasteiger partial charge >= 0.3 is 0 Å². The largest absolute Gasteiger partial charge is 0.305 e. The van der Waals surface area contributed by atoms with Gasteiger partial charge in [0, 0.05) is 23.3 Å². The summed E-state index contributed by atoms with van der Waals surface area (Å²) < 4.78 is 26.0. The molecule has 1 atom stereocenters. The van der Waals surface area contributed by atoms with Crippen LogP contribution in [0.3, 0.4) is 0 Å². The monoisotopic (exact) mass is 236 g/mol. The minimum atomic E-state index is -2.44. The fourth-order valence-corrected chi connectivity index (χ4v) is 1.94. The summed E-state index contributed by atoms with van der Waals surface area (Å²) >= 11 is 0. The zero-order valence-electron chi connectivity index (χ0n) is 9.53. The second-order valence-electron chi connectivity index (χ2n) is 3.82. The fraction of sp³-hybridized carbons (Fsp3) is 0.308. The van der Waals surface area contributed by atoms with Crippen LogP contribution in [-0.4, -0.2) is 18.0 Å². The first kappa shape index (κ1) is 11.9. The van der Waals surface area contributed by atoms with Gasteiger partial charge in [-0.15, -0.1) is 0 Å². The second kappa shape index (κ2) is 5.19. The van der Waals surface area contributed by atoms with E-state index in [2.05, 4.69) is 10.3 Å². The number of hydrogen-bond donors (Lipinski definition) is 1. The SMILES string of the molecule is CCNC(c1cncc2ccccc12)C(F)F. The third-order valence-corrected chi connectivity index (χ3v) is 2.71. The van der Waals surface area contributed by atoms with E-state index in [1.165, 1.54) is 6.20 Å². The third-order valence-electron chi connectivity index (χ3n) is 2.71. The van der Waals surface area contributed by atoms with Crippen LogP contribution in [0.2, 0.25) is 0 Å². The normalized spacial score (nSPS) is 13.2. The molecule has 1 aromatic carbocycles. The molecule has 1 unspecified atom stereocenters. The van der Waals surface area contributed by atoms with E-state index in [9.17, 15) is 8.78 Å².